The van der Waals surface area contributed by atoms with Gasteiger partial charge in [-0.2, -0.15) is 0 Å². The van der Waals surface area contributed by atoms with Crippen molar-refractivity contribution in [3.05, 3.63) is 41.5 Å². The Morgan fingerprint density at radius 2 is 1.61 bits per heavy atom. The van der Waals surface area contributed by atoms with E-state index >= 15 is 0 Å². The number of ether oxygens (including phenoxy) is 3. The molecule has 9 nitrogen and oxygen atoms in total. The minimum atomic E-state index is -0.661. The van der Waals surface area contributed by atoms with E-state index in [1.54, 1.807) is 18.7 Å². The molecule has 0 N–H and O–H groups in total. The first kappa shape index (κ1) is 24.4. The number of piperidine rings is 1. The van der Waals surface area contributed by atoms with Crippen molar-refractivity contribution in [3.63, 3.8) is 0 Å². The Labute approximate surface area is 194 Å². The Balaban J connectivity index is 2.05. The molecule has 0 bridgehead atoms. The summed E-state index contributed by atoms with van der Waals surface area (Å²) in [6.45, 7) is 9.95. The lowest BCUT2D eigenvalue weighted by Gasteiger charge is -2.48. The van der Waals surface area contributed by atoms with Gasteiger partial charge >= 0.3 is 18.3 Å². The van der Waals surface area contributed by atoms with Crippen LogP contribution in [0.5, 0.6) is 0 Å². The number of amides is 3. The summed E-state index contributed by atoms with van der Waals surface area (Å²) in [5.74, 6) is 0. The van der Waals surface area contributed by atoms with Crippen molar-refractivity contribution in [1.82, 2.24) is 14.9 Å². The molecule has 0 spiro atoms. The smallest absolute Gasteiger partial charge is 0.429 e. The van der Waals surface area contributed by atoms with Crippen LogP contribution in [0, 0.1) is 0 Å². The number of carbonyl (C=O) groups is 3. The van der Waals surface area contributed by atoms with E-state index in [9.17, 15) is 14.4 Å². The van der Waals surface area contributed by atoms with E-state index in [0.717, 1.165) is 16.7 Å². The molecule has 1 aromatic carbocycles. The van der Waals surface area contributed by atoms with E-state index in [4.69, 9.17) is 14.2 Å². The predicted molar refractivity (Wildman–Crippen MR) is 122 cm³/mol. The number of carbonyl (C=O) groups excluding carboxylic acids is 3. The number of hydrazine groups is 1. The first-order valence-corrected chi connectivity index (χ1v) is 11.3. The maximum absolute atomic E-state index is 13.0. The molecule has 0 unspecified atom stereocenters. The Morgan fingerprint density at radius 1 is 0.970 bits per heavy atom. The molecule has 0 radical (unpaired) electrons. The van der Waals surface area contributed by atoms with Crippen molar-refractivity contribution in [2.75, 3.05) is 32.8 Å². The molecule has 9 heteroatoms. The Hall–Kier alpha value is -3.23. The zero-order valence-corrected chi connectivity index (χ0v) is 20.0. The maximum Gasteiger partial charge on any atom is 0.429 e. The molecular weight excluding hydrogens is 426 g/mol. The number of rotatable bonds is 3. The summed E-state index contributed by atoms with van der Waals surface area (Å²) in [6.07, 6.45) is -1.22. The van der Waals surface area contributed by atoms with Crippen LogP contribution in [0.15, 0.2) is 35.9 Å². The van der Waals surface area contributed by atoms with Gasteiger partial charge < -0.3 is 19.1 Å². The van der Waals surface area contributed by atoms with E-state index in [1.807, 2.05) is 51.1 Å². The number of fused-ring (bicyclic) bond motifs is 1. The summed E-state index contributed by atoms with van der Waals surface area (Å²) in [7, 11) is 0. The zero-order valence-electron chi connectivity index (χ0n) is 20.0. The van der Waals surface area contributed by atoms with Crippen molar-refractivity contribution in [1.29, 1.82) is 0 Å². The molecule has 1 aromatic rings. The molecule has 3 amide bonds. The maximum atomic E-state index is 13.0. The monoisotopic (exact) mass is 459 g/mol. The normalized spacial score (nSPS) is 18.6. The molecule has 1 atom stereocenters. The molecule has 3 rings (SSSR count). The van der Waals surface area contributed by atoms with Gasteiger partial charge in [-0.1, -0.05) is 30.3 Å². The average Bonchev–Trinajstić information content (AvgIpc) is 2.77. The van der Waals surface area contributed by atoms with Gasteiger partial charge in [0, 0.05) is 6.54 Å². The van der Waals surface area contributed by atoms with Gasteiger partial charge in [0.25, 0.3) is 0 Å². The van der Waals surface area contributed by atoms with E-state index in [-0.39, 0.29) is 26.3 Å². The Kier molecular flexibility index (Phi) is 7.50. The van der Waals surface area contributed by atoms with Crippen LogP contribution in [0.4, 0.5) is 14.4 Å². The van der Waals surface area contributed by atoms with Crippen LogP contribution in [0.25, 0.3) is 5.57 Å². The van der Waals surface area contributed by atoms with Crippen LogP contribution < -0.4 is 0 Å². The van der Waals surface area contributed by atoms with Gasteiger partial charge in [0.15, 0.2) is 0 Å². The van der Waals surface area contributed by atoms with Crippen LogP contribution in [0.2, 0.25) is 0 Å². The molecule has 0 aliphatic carbocycles. The average molecular weight is 460 g/mol. The lowest BCUT2D eigenvalue weighted by molar-refractivity contribution is -0.0479. The fraction of sp³-hybridized carbons (Fsp3) is 0.542. The summed E-state index contributed by atoms with van der Waals surface area (Å²) < 4.78 is 16.1. The van der Waals surface area contributed by atoms with Crippen molar-refractivity contribution in [2.45, 2.75) is 52.7 Å². The largest absolute Gasteiger partial charge is 0.448 e. The number of benzene rings is 1. The molecule has 2 heterocycles. The second-order valence-electron chi connectivity index (χ2n) is 8.86. The Bertz CT molecular complexity index is 909. The van der Waals surface area contributed by atoms with Gasteiger partial charge in [-0.25, -0.2) is 24.4 Å². The quantitative estimate of drug-likeness (QED) is 0.627. The van der Waals surface area contributed by atoms with Crippen molar-refractivity contribution in [2.24, 2.45) is 0 Å². The van der Waals surface area contributed by atoms with Crippen LogP contribution in [-0.2, 0) is 14.2 Å². The van der Waals surface area contributed by atoms with Crippen LogP contribution in [-0.4, -0.2) is 77.7 Å². The predicted octanol–water partition coefficient (Wildman–Crippen LogP) is 4.30. The first-order valence-electron chi connectivity index (χ1n) is 11.3. The molecule has 0 saturated carbocycles. The summed E-state index contributed by atoms with van der Waals surface area (Å²) in [4.78, 5) is 40.3. The third kappa shape index (κ3) is 5.58. The molecular formula is C24H33N3O6. The standard InChI is InChI=1S/C24H33N3O6/c1-6-31-22(29)26-15-19(17-11-9-8-10-12-17)18-13-14-25(21(28)33-24(3,4)5)16-20(18)27(26)23(30)32-7-2/h8-12,20H,6-7,13-16H2,1-5H3/t20-/m0/s1. The first-order chi connectivity index (χ1) is 15.7. The minimum absolute atomic E-state index is 0.152. The van der Waals surface area contributed by atoms with Crippen molar-refractivity contribution in [3.8, 4) is 0 Å². The third-order valence-electron chi connectivity index (χ3n) is 5.40. The Morgan fingerprint density at radius 3 is 2.21 bits per heavy atom. The molecule has 33 heavy (non-hydrogen) atoms. The topological polar surface area (TPSA) is 88.6 Å². The van der Waals surface area contributed by atoms with Gasteiger partial charge in [-0.15, -0.1) is 0 Å². The van der Waals surface area contributed by atoms with Gasteiger partial charge in [-0.05, 0) is 57.7 Å². The summed E-state index contributed by atoms with van der Waals surface area (Å²) in [6, 6.07) is 9.15. The van der Waals surface area contributed by atoms with E-state index in [2.05, 4.69) is 0 Å². The molecule has 2 aliphatic heterocycles. The lowest BCUT2D eigenvalue weighted by atomic mass is 9.87. The SMILES string of the molecule is CCOC(=O)N1CC(c2ccccc2)=C2CCN(C(=O)OC(C)(C)C)C[C@@H]2N1C(=O)OCC. The van der Waals surface area contributed by atoms with Gasteiger partial charge in [0.2, 0.25) is 0 Å². The highest BCUT2D eigenvalue weighted by Gasteiger charge is 2.45. The highest BCUT2D eigenvalue weighted by atomic mass is 16.6. The number of likely N-dealkylation sites (tertiary alicyclic amines) is 1. The van der Waals surface area contributed by atoms with Crippen LogP contribution >= 0.6 is 0 Å². The van der Waals surface area contributed by atoms with Crippen molar-refractivity contribution < 1.29 is 28.6 Å². The second kappa shape index (κ2) is 10.1. The summed E-state index contributed by atoms with van der Waals surface area (Å²) >= 11 is 0. The molecule has 2 aliphatic rings. The number of hydrogen-bond acceptors (Lipinski definition) is 6. The fourth-order valence-corrected chi connectivity index (χ4v) is 4.08. The molecule has 180 valence electrons. The zero-order chi connectivity index (χ0) is 24.2. The highest BCUT2D eigenvalue weighted by molar-refractivity contribution is 5.82. The fourth-order valence-electron chi connectivity index (χ4n) is 4.08. The summed E-state index contributed by atoms with van der Waals surface area (Å²) in [5, 5.41) is 2.57. The lowest BCUT2D eigenvalue weighted by Crippen LogP contribution is -2.63. The summed E-state index contributed by atoms with van der Waals surface area (Å²) in [5.41, 5.74) is 2.25. The van der Waals surface area contributed by atoms with E-state index < -0.39 is 29.9 Å². The minimum Gasteiger partial charge on any atom is -0.448 e. The third-order valence-corrected chi connectivity index (χ3v) is 5.40. The molecule has 1 saturated heterocycles. The van der Waals surface area contributed by atoms with Crippen molar-refractivity contribution >= 4 is 23.9 Å². The molecule has 1 fully saturated rings. The van der Waals surface area contributed by atoms with Gasteiger partial charge in [0.05, 0.1) is 32.3 Å². The van der Waals surface area contributed by atoms with E-state index in [1.165, 1.54) is 10.0 Å². The number of hydrogen-bond donors (Lipinski definition) is 0. The van der Waals surface area contributed by atoms with Gasteiger partial charge in [-0.3, -0.25) is 0 Å². The van der Waals surface area contributed by atoms with Crippen LogP contribution in [0.1, 0.15) is 46.6 Å². The number of nitrogens with zero attached hydrogens (tertiary/aromatic N) is 3. The van der Waals surface area contributed by atoms with E-state index in [0.29, 0.717) is 13.0 Å². The molecule has 0 aromatic heterocycles. The van der Waals surface area contributed by atoms with Gasteiger partial charge in [0.1, 0.15) is 5.60 Å². The highest BCUT2D eigenvalue weighted by Crippen LogP contribution is 2.36. The second-order valence-corrected chi connectivity index (χ2v) is 8.86. The van der Waals surface area contributed by atoms with Crippen LogP contribution in [0.3, 0.4) is 0 Å².